The number of rotatable bonds is 4. The molecule has 11 heteroatoms. The molecule has 1 fully saturated rings. The molecule has 0 aliphatic carbocycles. The van der Waals surface area contributed by atoms with Crippen LogP contribution in [0.1, 0.15) is 28.5 Å². The van der Waals surface area contributed by atoms with Crippen LogP contribution in [0.4, 0.5) is 18.9 Å². The summed E-state index contributed by atoms with van der Waals surface area (Å²) in [6.07, 6.45) is -0.195. The zero-order chi connectivity index (χ0) is 23.1. The number of hydrogen-bond donors (Lipinski definition) is 2. The normalized spacial score (nSPS) is 24.9. The lowest BCUT2D eigenvalue weighted by molar-refractivity contribution is -0.113. The predicted octanol–water partition coefficient (Wildman–Crippen LogP) is 3.27. The summed E-state index contributed by atoms with van der Waals surface area (Å²) in [4.78, 5) is 20.8. The molecule has 0 bridgehead atoms. The molecule has 0 saturated carbocycles. The van der Waals surface area contributed by atoms with E-state index >= 15 is 0 Å². The molecule has 1 saturated heterocycles. The highest BCUT2D eigenvalue weighted by Crippen LogP contribution is 2.51. The third-order valence-corrected chi connectivity index (χ3v) is 6.41. The van der Waals surface area contributed by atoms with Crippen LogP contribution in [-0.4, -0.2) is 40.4 Å². The molecule has 1 amide bonds. The van der Waals surface area contributed by atoms with Gasteiger partial charge < -0.3 is 15.8 Å². The van der Waals surface area contributed by atoms with Gasteiger partial charge in [0.05, 0.1) is 12.2 Å². The fraction of sp³-hybridized carbons (Fsp3) is 0.333. The number of thioether (sulfide) groups is 1. The number of aliphatic imine (C=N–C) groups is 1. The second-order valence-electron chi connectivity index (χ2n) is 7.67. The van der Waals surface area contributed by atoms with Gasteiger partial charge in [-0.25, -0.2) is 23.1 Å². The molecule has 3 heterocycles. The number of alkyl halides is 2. The first kappa shape index (κ1) is 22.1. The molecular formula is C21H18F3N5O2S. The number of nitrogens with one attached hydrogen (secondary N) is 1. The number of halogens is 3. The number of pyridine rings is 1. The minimum Gasteiger partial charge on any atom is -0.379 e. The summed E-state index contributed by atoms with van der Waals surface area (Å²) in [5.41, 5.74) is 5.04. The van der Waals surface area contributed by atoms with Crippen LogP contribution >= 0.6 is 11.8 Å². The highest BCUT2D eigenvalue weighted by atomic mass is 32.2. The Morgan fingerprint density at radius 1 is 1.41 bits per heavy atom. The molecule has 166 valence electrons. The van der Waals surface area contributed by atoms with Crippen molar-refractivity contribution < 1.29 is 22.7 Å². The Balaban J connectivity index is 1.69. The Bertz CT molecular complexity index is 1130. The van der Waals surface area contributed by atoms with Crippen molar-refractivity contribution in [3.05, 3.63) is 59.2 Å². The van der Waals surface area contributed by atoms with Crippen LogP contribution in [0.25, 0.3) is 0 Å². The van der Waals surface area contributed by atoms with Crippen molar-refractivity contribution in [2.24, 2.45) is 16.6 Å². The summed E-state index contributed by atoms with van der Waals surface area (Å²) in [5, 5.41) is 11.6. The van der Waals surface area contributed by atoms with Gasteiger partial charge in [0.15, 0.2) is 5.17 Å². The number of amides is 1. The lowest BCUT2D eigenvalue weighted by Gasteiger charge is -2.37. The largest absolute Gasteiger partial charge is 0.379 e. The van der Waals surface area contributed by atoms with Gasteiger partial charge in [0.25, 0.3) is 11.8 Å². The summed E-state index contributed by atoms with van der Waals surface area (Å²) in [5.74, 6) is -5.03. The van der Waals surface area contributed by atoms with E-state index in [4.69, 9.17) is 15.7 Å². The SMILES string of the molecule is CC(F)(F)[C@H]1OC[C@]2(c3cc(NC(=O)c4ccc(C#N)cn4)ccc3F)N=C(N)SC[C@H]12. The number of nitriles is 1. The van der Waals surface area contributed by atoms with E-state index in [9.17, 15) is 18.0 Å². The number of hydrogen-bond acceptors (Lipinski definition) is 7. The second-order valence-corrected chi connectivity index (χ2v) is 8.71. The molecule has 3 N–H and O–H groups in total. The Kier molecular flexibility index (Phi) is 5.60. The average molecular weight is 461 g/mol. The lowest BCUT2D eigenvalue weighted by atomic mass is 9.77. The van der Waals surface area contributed by atoms with E-state index < -0.39 is 35.2 Å². The molecule has 2 aliphatic heterocycles. The fourth-order valence-corrected chi connectivity index (χ4v) is 5.02. The van der Waals surface area contributed by atoms with Gasteiger partial charge in [-0.3, -0.25) is 4.79 Å². The van der Waals surface area contributed by atoms with Gasteiger partial charge in [-0.1, -0.05) is 11.8 Å². The molecule has 1 aromatic carbocycles. The van der Waals surface area contributed by atoms with Gasteiger partial charge in [-0.05, 0) is 30.3 Å². The quantitative estimate of drug-likeness (QED) is 0.723. The number of benzene rings is 1. The first-order chi connectivity index (χ1) is 15.1. The van der Waals surface area contributed by atoms with Crippen LogP contribution in [0, 0.1) is 23.1 Å². The smallest absolute Gasteiger partial charge is 0.274 e. The van der Waals surface area contributed by atoms with Crippen LogP contribution < -0.4 is 11.1 Å². The topological polar surface area (TPSA) is 113 Å². The highest BCUT2D eigenvalue weighted by Gasteiger charge is 2.59. The summed E-state index contributed by atoms with van der Waals surface area (Å²) < 4.78 is 48.8. The Morgan fingerprint density at radius 3 is 2.84 bits per heavy atom. The summed E-state index contributed by atoms with van der Waals surface area (Å²) in [6.45, 7) is 0.496. The molecule has 32 heavy (non-hydrogen) atoms. The minimum absolute atomic E-state index is 0.0167. The zero-order valence-corrected chi connectivity index (χ0v) is 17.6. The molecule has 0 radical (unpaired) electrons. The zero-order valence-electron chi connectivity index (χ0n) is 16.8. The van der Waals surface area contributed by atoms with Crippen LogP contribution in [0.15, 0.2) is 41.5 Å². The molecule has 1 aromatic heterocycles. The number of fused-ring (bicyclic) bond motifs is 1. The van der Waals surface area contributed by atoms with Crippen molar-refractivity contribution in [2.45, 2.75) is 24.5 Å². The van der Waals surface area contributed by atoms with Crippen molar-refractivity contribution in [3.8, 4) is 6.07 Å². The first-order valence-electron chi connectivity index (χ1n) is 9.59. The number of aromatic nitrogens is 1. The summed E-state index contributed by atoms with van der Waals surface area (Å²) in [6, 6.07) is 8.57. The number of anilines is 1. The van der Waals surface area contributed by atoms with Crippen molar-refractivity contribution in [3.63, 3.8) is 0 Å². The molecule has 0 unspecified atom stereocenters. The van der Waals surface area contributed by atoms with E-state index in [1.165, 1.54) is 30.5 Å². The van der Waals surface area contributed by atoms with E-state index in [0.717, 1.165) is 24.8 Å². The van der Waals surface area contributed by atoms with E-state index in [1.54, 1.807) is 0 Å². The Labute approximate surface area is 185 Å². The number of carbonyl (C=O) groups excluding carboxylic acids is 1. The van der Waals surface area contributed by atoms with Gasteiger partial charge in [-0.2, -0.15) is 5.26 Å². The maximum Gasteiger partial charge on any atom is 0.274 e. The van der Waals surface area contributed by atoms with Crippen LogP contribution in [0.3, 0.4) is 0 Å². The maximum absolute atomic E-state index is 15.0. The Hall–Kier alpha value is -3.10. The van der Waals surface area contributed by atoms with Crippen LogP contribution in [0.2, 0.25) is 0 Å². The standard InChI is InChI=1S/C21H18F3N5O2S/c1-20(23,24)17-14-9-32-19(26)29-21(14,10-31-17)13-6-12(3-4-15(13)22)28-18(30)16-5-2-11(7-25)8-27-16/h2-6,8,14,17H,9-10H2,1H3,(H2,26,29)(H,28,30)/t14-,17+,21-/m1/s1. The molecule has 3 atom stereocenters. The lowest BCUT2D eigenvalue weighted by Crippen LogP contribution is -2.46. The number of nitrogens with zero attached hydrogens (tertiary/aromatic N) is 3. The van der Waals surface area contributed by atoms with Gasteiger partial charge in [0, 0.05) is 36.0 Å². The number of nitrogens with two attached hydrogens (primary N) is 1. The molecule has 2 aliphatic rings. The highest BCUT2D eigenvalue weighted by molar-refractivity contribution is 8.13. The van der Waals surface area contributed by atoms with Crippen molar-refractivity contribution in [1.82, 2.24) is 4.98 Å². The maximum atomic E-state index is 15.0. The summed E-state index contributed by atoms with van der Waals surface area (Å²) >= 11 is 1.12. The van der Waals surface area contributed by atoms with E-state index in [-0.39, 0.29) is 34.5 Å². The number of ether oxygens (including phenoxy) is 1. The minimum atomic E-state index is -3.15. The average Bonchev–Trinajstić information content (AvgIpc) is 3.15. The van der Waals surface area contributed by atoms with Gasteiger partial charge in [-0.15, -0.1) is 0 Å². The molecule has 0 spiro atoms. The molecule has 2 aromatic rings. The first-order valence-corrected chi connectivity index (χ1v) is 10.6. The van der Waals surface area contributed by atoms with Crippen molar-refractivity contribution >= 4 is 28.5 Å². The predicted molar refractivity (Wildman–Crippen MR) is 113 cm³/mol. The third-order valence-electron chi connectivity index (χ3n) is 5.50. The van der Waals surface area contributed by atoms with Gasteiger partial charge >= 0.3 is 0 Å². The van der Waals surface area contributed by atoms with Crippen LogP contribution in [-0.2, 0) is 10.3 Å². The van der Waals surface area contributed by atoms with E-state index in [2.05, 4.69) is 15.3 Å². The molecule has 4 rings (SSSR count). The van der Waals surface area contributed by atoms with Crippen molar-refractivity contribution in [1.29, 1.82) is 5.26 Å². The van der Waals surface area contributed by atoms with Gasteiger partial charge in [0.2, 0.25) is 0 Å². The number of amidine groups is 1. The fourth-order valence-electron chi connectivity index (χ4n) is 4.00. The third kappa shape index (κ3) is 3.91. The monoisotopic (exact) mass is 461 g/mol. The van der Waals surface area contributed by atoms with Crippen LogP contribution in [0.5, 0.6) is 0 Å². The second kappa shape index (κ2) is 8.11. The van der Waals surface area contributed by atoms with Gasteiger partial charge in [0.1, 0.15) is 29.2 Å². The Morgan fingerprint density at radius 2 is 2.19 bits per heavy atom. The summed E-state index contributed by atoms with van der Waals surface area (Å²) in [7, 11) is 0. The van der Waals surface area contributed by atoms with E-state index in [1.807, 2.05) is 6.07 Å². The van der Waals surface area contributed by atoms with E-state index in [0.29, 0.717) is 5.56 Å². The molecule has 7 nitrogen and oxygen atoms in total. The van der Waals surface area contributed by atoms with Crippen molar-refractivity contribution in [2.75, 3.05) is 17.7 Å². The molecular weight excluding hydrogens is 443 g/mol. The number of carbonyl (C=O) groups is 1.